The summed E-state index contributed by atoms with van der Waals surface area (Å²) >= 11 is 1.47. The number of fused-ring (bicyclic) bond motifs is 1. The van der Waals surface area contributed by atoms with Gasteiger partial charge in [-0.1, -0.05) is 42.5 Å². The minimum absolute atomic E-state index is 0.0740. The zero-order chi connectivity index (χ0) is 17.9. The first-order chi connectivity index (χ1) is 12.7. The SMILES string of the molecule is Nc1cc(-c2ccncc2)sc1NC(=O)Cc1ccc2ccccc2c1. The maximum Gasteiger partial charge on any atom is 0.229 e. The topological polar surface area (TPSA) is 68.0 Å². The van der Waals surface area contributed by atoms with Gasteiger partial charge in [0.1, 0.15) is 5.00 Å². The molecule has 2 aromatic carbocycles. The summed E-state index contributed by atoms with van der Waals surface area (Å²) in [7, 11) is 0. The lowest BCUT2D eigenvalue weighted by molar-refractivity contribution is -0.115. The van der Waals surface area contributed by atoms with Crippen LogP contribution in [0.25, 0.3) is 21.2 Å². The molecular weight excluding hydrogens is 342 g/mol. The minimum Gasteiger partial charge on any atom is -0.396 e. The summed E-state index contributed by atoms with van der Waals surface area (Å²) in [6, 6.07) is 19.9. The predicted molar refractivity (Wildman–Crippen MR) is 108 cm³/mol. The Balaban J connectivity index is 1.50. The third-order valence-corrected chi connectivity index (χ3v) is 5.27. The number of amides is 1. The molecule has 2 heterocycles. The standard InChI is InChI=1S/C21H17N3OS/c22-18-13-19(16-7-9-23-10-8-16)26-21(18)24-20(25)12-14-5-6-15-3-1-2-4-17(15)11-14/h1-11,13H,12,22H2,(H,24,25). The van der Waals surface area contributed by atoms with Crippen LogP contribution in [-0.4, -0.2) is 10.9 Å². The molecule has 0 saturated carbocycles. The fourth-order valence-corrected chi connectivity index (χ4v) is 3.87. The summed E-state index contributed by atoms with van der Waals surface area (Å²) in [6.07, 6.45) is 3.79. The van der Waals surface area contributed by atoms with Crippen molar-refractivity contribution in [3.63, 3.8) is 0 Å². The summed E-state index contributed by atoms with van der Waals surface area (Å²) in [5, 5.41) is 5.92. The van der Waals surface area contributed by atoms with Crippen LogP contribution < -0.4 is 11.1 Å². The van der Waals surface area contributed by atoms with Crippen LogP contribution in [0.5, 0.6) is 0 Å². The third kappa shape index (κ3) is 3.43. The minimum atomic E-state index is -0.0740. The Kier molecular flexibility index (Phi) is 4.37. The molecule has 0 radical (unpaired) electrons. The van der Waals surface area contributed by atoms with Crippen LogP contribution in [0.3, 0.4) is 0 Å². The number of hydrogen-bond acceptors (Lipinski definition) is 4. The van der Waals surface area contributed by atoms with Crippen molar-refractivity contribution in [2.75, 3.05) is 11.1 Å². The first-order valence-corrected chi connectivity index (χ1v) is 9.08. The zero-order valence-electron chi connectivity index (χ0n) is 14.0. The van der Waals surface area contributed by atoms with Crippen molar-refractivity contribution in [2.24, 2.45) is 0 Å². The van der Waals surface area contributed by atoms with Gasteiger partial charge in [0.05, 0.1) is 12.1 Å². The highest BCUT2D eigenvalue weighted by Gasteiger charge is 2.12. The average Bonchev–Trinajstić information content (AvgIpc) is 3.03. The second kappa shape index (κ2) is 6.98. The van der Waals surface area contributed by atoms with Crippen LogP contribution in [0.1, 0.15) is 5.56 Å². The number of carbonyl (C=O) groups is 1. The van der Waals surface area contributed by atoms with Crippen molar-refractivity contribution in [3.05, 3.63) is 78.6 Å². The molecule has 0 atom stereocenters. The molecule has 0 fully saturated rings. The van der Waals surface area contributed by atoms with Gasteiger partial charge in [0.25, 0.3) is 0 Å². The Morgan fingerprint density at radius 2 is 1.77 bits per heavy atom. The molecule has 4 aromatic rings. The fraction of sp³-hybridized carbons (Fsp3) is 0.0476. The molecule has 2 aromatic heterocycles. The number of benzene rings is 2. The van der Waals surface area contributed by atoms with E-state index in [0.29, 0.717) is 17.1 Å². The van der Waals surface area contributed by atoms with E-state index in [4.69, 9.17) is 5.73 Å². The summed E-state index contributed by atoms with van der Waals surface area (Å²) in [5.74, 6) is -0.0740. The highest BCUT2D eigenvalue weighted by atomic mass is 32.1. The van der Waals surface area contributed by atoms with Crippen molar-refractivity contribution in [1.29, 1.82) is 0 Å². The van der Waals surface area contributed by atoms with Crippen molar-refractivity contribution in [1.82, 2.24) is 4.98 Å². The van der Waals surface area contributed by atoms with Gasteiger partial charge < -0.3 is 11.1 Å². The van der Waals surface area contributed by atoms with Gasteiger partial charge in [0.2, 0.25) is 5.91 Å². The van der Waals surface area contributed by atoms with E-state index >= 15 is 0 Å². The summed E-state index contributed by atoms with van der Waals surface area (Å²) in [6.45, 7) is 0. The highest BCUT2D eigenvalue weighted by molar-refractivity contribution is 7.20. The van der Waals surface area contributed by atoms with Crippen LogP contribution in [0.15, 0.2) is 73.1 Å². The van der Waals surface area contributed by atoms with Gasteiger partial charge in [0.15, 0.2) is 0 Å². The van der Waals surface area contributed by atoms with Crippen LogP contribution in [-0.2, 0) is 11.2 Å². The van der Waals surface area contributed by atoms with Gasteiger partial charge in [-0.15, -0.1) is 11.3 Å². The van der Waals surface area contributed by atoms with E-state index in [0.717, 1.165) is 21.4 Å². The van der Waals surface area contributed by atoms with Crippen LogP contribution in [0.4, 0.5) is 10.7 Å². The molecular formula is C21H17N3OS. The molecule has 128 valence electrons. The lowest BCUT2D eigenvalue weighted by Crippen LogP contribution is -2.14. The lowest BCUT2D eigenvalue weighted by Gasteiger charge is -2.05. The number of carbonyl (C=O) groups excluding carboxylic acids is 1. The number of pyridine rings is 1. The van der Waals surface area contributed by atoms with Gasteiger partial charge in [-0.05, 0) is 40.1 Å². The Bertz CT molecular complexity index is 1070. The van der Waals surface area contributed by atoms with Gasteiger partial charge in [-0.25, -0.2) is 0 Å². The van der Waals surface area contributed by atoms with E-state index in [1.807, 2.05) is 42.5 Å². The van der Waals surface area contributed by atoms with E-state index in [9.17, 15) is 4.79 Å². The second-order valence-corrected chi connectivity index (χ2v) is 7.09. The monoisotopic (exact) mass is 359 g/mol. The van der Waals surface area contributed by atoms with Crippen molar-refractivity contribution < 1.29 is 4.79 Å². The fourth-order valence-electron chi connectivity index (χ4n) is 2.87. The number of anilines is 2. The summed E-state index contributed by atoms with van der Waals surface area (Å²) in [4.78, 5) is 17.5. The molecule has 0 aliphatic heterocycles. The maximum atomic E-state index is 12.4. The van der Waals surface area contributed by atoms with E-state index in [2.05, 4.69) is 28.5 Å². The normalized spacial score (nSPS) is 10.8. The van der Waals surface area contributed by atoms with Crippen molar-refractivity contribution in [2.45, 2.75) is 6.42 Å². The van der Waals surface area contributed by atoms with Crippen LogP contribution >= 0.6 is 11.3 Å². The number of nitrogen functional groups attached to an aromatic ring is 1. The molecule has 0 spiro atoms. The number of nitrogens with two attached hydrogens (primary N) is 1. The number of hydrogen-bond donors (Lipinski definition) is 2. The van der Waals surface area contributed by atoms with E-state index in [-0.39, 0.29) is 5.91 Å². The molecule has 0 aliphatic rings. The molecule has 4 rings (SSSR count). The first-order valence-electron chi connectivity index (χ1n) is 8.26. The molecule has 0 aliphatic carbocycles. The smallest absolute Gasteiger partial charge is 0.229 e. The Hall–Kier alpha value is -3.18. The van der Waals surface area contributed by atoms with Crippen LogP contribution in [0, 0.1) is 0 Å². The second-order valence-electron chi connectivity index (χ2n) is 6.04. The Labute approximate surface area is 155 Å². The molecule has 0 bridgehead atoms. The van der Waals surface area contributed by atoms with Gasteiger partial charge in [-0.3, -0.25) is 9.78 Å². The summed E-state index contributed by atoms with van der Waals surface area (Å²) < 4.78 is 0. The van der Waals surface area contributed by atoms with E-state index in [1.54, 1.807) is 12.4 Å². The maximum absolute atomic E-state index is 12.4. The van der Waals surface area contributed by atoms with Gasteiger partial charge in [-0.2, -0.15) is 0 Å². The van der Waals surface area contributed by atoms with E-state index in [1.165, 1.54) is 16.7 Å². The van der Waals surface area contributed by atoms with Gasteiger partial charge in [0, 0.05) is 17.3 Å². The molecule has 3 N–H and O–H groups in total. The van der Waals surface area contributed by atoms with Crippen molar-refractivity contribution in [3.8, 4) is 10.4 Å². The number of rotatable bonds is 4. The molecule has 5 heteroatoms. The number of nitrogens with zero attached hydrogens (tertiary/aromatic N) is 1. The third-order valence-electron chi connectivity index (χ3n) is 4.16. The molecule has 0 saturated heterocycles. The molecule has 4 nitrogen and oxygen atoms in total. The highest BCUT2D eigenvalue weighted by Crippen LogP contribution is 2.37. The number of thiophene rings is 1. The Morgan fingerprint density at radius 3 is 2.58 bits per heavy atom. The van der Waals surface area contributed by atoms with Gasteiger partial charge >= 0.3 is 0 Å². The lowest BCUT2D eigenvalue weighted by atomic mass is 10.1. The predicted octanol–water partition coefficient (Wildman–Crippen LogP) is 4.73. The molecule has 1 amide bonds. The Morgan fingerprint density at radius 1 is 1.00 bits per heavy atom. The quantitative estimate of drug-likeness (QED) is 0.554. The first kappa shape index (κ1) is 16.3. The molecule has 26 heavy (non-hydrogen) atoms. The summed E-state index contributed by atoms with van der Waals surface area (Å²) in [5.41, 5.74) is 8.66. The average molecular weight is 359 g/mol. The van der Waals surface area contributed by atoms with Crippen LogP contribution in [0.2, 0.25) is 0 Å². The zero-order valence-corrected chi connectivity index (χ0v) is 14.8. The largest absolute Gasteiger partial charge is 0.396 e. The number of aromatic nitrogens is 1. The van der Waals surface area contributed by atoms with E-state index < -0.39 is 0 Å². The van der Waals surface area contributed by atoms with Crippen molar-refractivity contribution >= 4 is 38.7 Å². The number of nitrogens with one attached hydrogen (secondary N) is 1. The molecule has 0 unspecified atom stereocenters.